The van der Waals surface area contributed by atoms with Gasteiger partial charge in [-0.25, -0.2) is 4.39 Å². The minimum Gasteiger partial charge on any atom is -0.483 e. The number of ether oxygens (including phenoxy) is 2. The molecule has 1 amide bonds. The Balaban J connectivity index is 1.49. The number of amides is 1. The molecule has 0 spiro atoms. The number of hydrogen-bond acceptors (Lipinski definition) is 5. The lowest BCUT2D eigenvalue weighted by Crippen LogP contribution is -2.43. The molecule has 7 heteroatoms. The van der Waals surface area contributed by atoms with Crippen LogP contribution in [-0.2, 0) is 19.1 Å². The van der Waals surface area contributed by atoms with Gasteiger partial charge in [0.1, 0.15) is 11.9 Å². The Morgan fingerprint density at radius 1 is 1.03 bits per heavy atom. The molecule has 0 aromatic heterocycles. The van der Waals surface area contributed by atoms with Crippen molar-refractivity contribution in [1.29, 1.82) is 0 Å². The van der Waals surface area contributed by atoms with E-state index in [0.717, 1.165) is 25.9 Å². The summed E-state index contributed by atoms with van der Waals surface area (Å²) in [6.45, 7) is 8.33. The summed E-state index contributed by atoms with van der Waals surface area (Å²) in [7, 11) is 0. The molecule has 4 aliphatic rings. The number of nitrogens with zero attached hydrogens (tertiary/aromatic N) is 2. The number of benzene rings is 1. The van der Waals surface area contributed by atoms with E-state index in [4.69, 9.17) is 9.47 Å². The molecular weight excluding hydrogens is 411 g/mol. The largest absolute Gasteiger partial charge is 0.483 e. The third kappa shape index (κ3) is 3.65. The van der Waals surface area contributed by atoms with Gasteiger partial charge >= 0.3 is 0 Å². The zero-order valence-corrected chi connectivity index (χ0v) is 18.8. The highest BCUT2D eigenvalue weighted by Crippen LogP contribution is 2.48. The minimum absolute atomic E-state index is 0.0366. The number of carbonyl (C=O) groups is 2. The van der Waals surface area contributed by atoms with Crippen LogP contribution in [0.1, 0.15) is 38.3 Å². The van der Waals surface area contributed by atoms with Gasteiger partial charge in [0.2, 0.25) is 0 Å². The fourth-order valence-corrected chi connectivity index (χ4v) is 5.63. The molecule has 0 N–H and O–H groups in total. The summed E-state index contributed by atoms with van der Waals surface area (Å²) in [5.41, 5.74) is 0.713. The summed E-state index contributed by atoms with van der Waals surface area (Å²) in [5.74, 6) is -0.00891. The number of morpholine rings is 1. The van der Waals surface area contributed by atoms with Crippen LogP contribution >= 0.6 is 0 Å². The van der Waals surface area contributed by atoms with Crippen LogP contribution < -0.4 is 0 Å². The van der Waals surface area contributed by atoms with Gasteiger partial charge in [-0.15, -0.1) is 0 Å². The molecule has 5 atom stereocenters. The van der Waals surface area contributed by atoms with Crippen molar-refractivity contribution in [2.75, 3.05) is 39.4 Å². The van der Waals surface area contributed by atoms with E-state index < -0.39 is 11.9 Å². The number of halogens is 1. The second-order valence-electron chi connectivity index (χ2n) is 9.67. The SMILES string of the molecule is CC1CC2OC3=C(C(=O)C2CC1C)C(c1ccccc1F)N(CCN1CCOCC1)C3=O. The van der Waals surface area contributed by atoms with Gasteiger partial charge in [0.05, 0.1) is 30.7 Å². The maximum Gasteiger partial charge on any atom is 0.290 e. The molecule has 6 nitrogen and oxygen atoms in total. The Labute approximate surface area is 188 Å². The second-order valence-corrected chi connectivity index (χ2v) is 9.67. The molecule has 172 valence electrons. The van der Waals surface area contributed by atoms with Gasteiger partial charge in [-0.1, -0.05) is 32.0 Å². The van der Waals surface area contributed by atoms with Gasteiger partial charge in [0, 0.05) is 31.7 Å². The summed E-state index contributed by atoms with van der Waals surface area (Å²) < 4.78 is 26.6. The molecule has 5 rings (SSSR count). The fourth-order valence-electron chi connectivity index (χ4n) is 5.63. The summed E-state index contributed by atoms with van der Waals surface area (Å²) in [4.78, 5) is 31.1. The van der Waals surface area contributed by atoms with E-state index in [-0.39, 0.29) is 29.5 Å². The minimum atomic E-state index is -0.733. The summed E-state index contributed by atoms with van der Waals surface area (Å²) in [6, 6.07) is 5.71. The predicted octanol–water partition coefficient (Wildman–Crippen LogP) is 2.95. The molecule has 3 aliphatic heterocycles. The molecule has 3 heterocycles. The molecule has 5 unspecified atom stereocenters. The number of carbonyl (C=O) groups excluding carboxylic acids is 2. The van der Waals surface area contributed by atoms with Gasteiger partial charge < -0.3 is 14.4 Å². The Morgan fingerprint density at radius 3 is 2.50 bits per heavy atom. The third-order valence-corrected chi connectivity index (χ3v) is 7.77. The second kappa shape index (κ2) is 8.60. The van der Waals surface area contributed by atoms with E-state index in [9.17, 15) is 14.0 Å². The standard InChI is InChI=1S/C25H31FN2O4/c1-15-13-18-20(14-16(15)2)32-24-21(23(18)29)22(17-5-3-4-6-19(17)26)28(25(24)30)8-7-27-9-11-31-12-10-27/h3-6,15-16,18,20,22H,7-14H2,1-2H3. The Bertz CT molecular complexity index is 942. The number of hydrogen-bond donors (Lipinski definition) is 0. The lowest BCUT2D eigenvalue weighted by atomic mass is 9.70. The zero-order chi connectivity index (χ0) is 22.4. The Hall–Kier alpha value is -2.25. The van der Waals surface area contributed by atoms with Crippen molar-refractivity contribution in [3.8, 4) is 0 Å². The lowest BCUT2D eigenvalue weighted by Gasteiger charge is -2.40. The normalized spacial score (nSPS) is 33.2. The van der Waals surface area contributed by atoms with Crippen molar-refractivity contribution in [3.63, 3.8) is 0 Å². The summed E-state index contributed by atoms with van der Waals surface area (Å²) in [6.07, 6.45) is 1.24. The molecule has 32 heavy (non-hydrogen) atoms. The first kappa shape index (κ1) is 21.6. The van der Waals surface area contributed by atoms with E-state index in [1.165, 1.54) is 6.07 Å². The molecular formula is C25H31FN2O4. The average molecular weight is 443 g/mol. The first-order chi connectivity index (χ1) is 15.5. The van der Waals surface area contributed by atoms with Crippen molar-refractivity contribution in [1.82, 2.24) is 9.80 Å². The van der Waals surface area contributed by atoms with Crippen molar-refractivity contribution in [2.45, 2.75) is 38.8 Å². The quantitative estimate of drug-likeness (QED) is 0.718. The van der Waals surface area contributed by atoms with Crippen molar-refractivity contribution in [2.24, 2.45) is 17.8 Å². The van der Waals surface area contributed by atoms with E-state index >= 15 is 0 Å². The number of rotatable bonds is 4. The third-order valence-electron chi connectivity index (χ3n) is 7.77. The number of Topliss-reactive ketones (excluding diaryl/α,β-unsaturated/α-hetero) is 1. The maximum atomic E-state index is 14.9. The molecule has 0 radical (unpaired) electrons. The van der Waals surface area contributed by atoms with Crippen molar-refractivity contribution in [3.05, 3.63) is 47.0 Å². The fraction of sp³-hybridized carbons (Fsp3) is 0.600. The number of ketones is 1. The molecule has 1 aliphatic carbocycles. The van der Waals surface area contributed by atoms with E-state index in [2.05, 4.69) is 18.7 Å². The maximum absolute atomic E-state index is 14.9. The molecule has 1 aromatic rings. The van der Waals surface area contributed by atoms with Crippen molar-refractivity contribution >= 4 is 11.7 Å². The molecule has 1 saturated heterocycles. The lowest BCUT2D eigenvalue weighted by molar-refractivity contribution is -0.137. The van der Waals surface area contributed by atoms with Crippen LogP contribution in [0.25, 0.3) is 0 Å². The van der Waals surface area contributed by atoms with Gasteiger partial charge in [-0.05, 0) is 30.7 Å². The van der Waals surface area contributed by atoms with Crippen LogP contribution in [0.15, 0.2) is 35.6 Å². The monoisotopic (exact) mass is 442 g/mol. The average Bonchev–Trinajstić information content (AvgIpc) is 3.06. The Kier molecular flexibility index (Phi) is 5.80. The van der Waals surface area contributed by atoms with E-state index in [1.807, 2.05) is 0 Å². The highest BCUT2D eigenvalue weighted by Gasteiger charge is 2.53. The highest BCUT2D eigenvalue weighted by molar-refractivity contribution is 6.11. The highest BCUT2D eigenvalue weighted by atomic mass is 19.1. The molecule has 1 saturated carbocycles. The van der Waals surface area contributed by atoms with Gasteiger partial charge in [-0.3, -0.25) is 14.5 Å². The van der Waals surface area contributed by atoms with Gasteiger partial charge in [-0.2, -0.15) is 0 Å². The first-order valence-corrected chi connectivity index (χ1v) is 11.8. The Morgan fingerprint density at radius 2 is 1.75 bits per heavy atom. The van der Waals surface area contributed by atoms with Gasteiger partial charge in [0.25, 0.3) is 5.91 Å². The molecule has 0 bridgehead atoms. The summed E-state index contributed by atoms with van der Waals surface area (Å²) >= 11 is 0. The van der Waals surface area contributed by atoms with E-state index in [1.54, 1.807) is 23.1 Å². The van der Waals surface area contributed by atoms with Crippen molar-refractivity contribution < 1.29 is 23.5 Å². The van der Waals surface area contributed by atoms with Crippen LogP contribution in [-0.4, -0.2) is 67.0 Å². The number of fused-ring (bicyclic) bond motifs is 1. The predicted molar refractivity (Wildman–Crippen MR) is 116 cm³/mol. The topological polar surface area (TPSA) is 59.1 Å². The van der Waals surface area contributed by atoms with Crippen LogP contribution in [0.3, 0.4) is 0 Å². The summed E-state index contributed by atoms with van der Waals surface area (Å²) in [5, 5.41) is 0. The smallest absolute Gasteiger partial charge is 0.290 e. The first-order valence-electron chi connectivity index (χ1n) is 11.8. The van der Waals surface area contributed by atoms with Crippen LogP contribution in [0.4, 0.5) is 4.39 Å². The van der Waals surface area contributed by atoms with Crippen LogP contribution in [0, 0.1) is 23.6 Å². The zero-order valence-electron chi connectivity index (χ0n) is 18.8. The van der Waals surface area contributed by atoms with E-state index in [0.29, 0.717) is 49.3 Å². The molecule has 1 aromatic carbocycles. The van der Waals surface area contributed by atoms with Crippen LogP contribution in [0.5, 0.6) is 0 Å². The van der Waals surface area contributed by atoms with Crippen LogP contribution in [0.2, 0.25) is 0 Å². The molecule has 2 fully saturated rings. The van der Waals surface area contributed by atoms with Gasteiger partial charge in [0.15, 0.2) is 11.5 Å².